The molecule has 1 aliphatic heterocycles. The Bertz CT molecular complexity index is 937. The van der Waals surface area contributed by atoms with Gasteiger partial charge in [0.05, 0.1) is 25.9 Å². The minimum Gasteiger partial charge on any atom is -0.497 e. The number of carbonyl (C=O) groups is 2. The van der Waals surface area contributed by atoms with E-state index in [-0.39, 0.29) is 30.7 Å². The molecule has 1 heterocycles. The van der Waals surface area contributed by atoms with Crippen molar-refractivity contribution >= 4 is 40.8 Å². The summed E-state index contributed by atoms with van der Waals surface area (Å²) in [5, 5.41) is 19.0. The Balaban J connectivity index is 1.43. The van der Waals surface area contributed by atoms with Crippen LogP contribution in [0, 0.1) is 0 Å². The molecule has 10 heteroatoms. The van der Waals surface area contributed by atoms with Crippen LogP contribution in [0.1, 0.15) is 29.6 Å². The molecule has 33 heavy (non-hydrogen) atoms. The zero-order valence-corrected chi connectivity index (χ0v) is 19.7. The van der Waals surface area contributed by atoms with Crippen molar-refractivity contribution in [3.63, 3.8) is 0 Å². The van der Waals surface area contributed by atoms with Gasteiger partial charge in [-0.15, -0.1) is 0 Å². The maximum atomic E-state index is 12.4. The van der Waals surface area contributed by atoms with Crippen molar-refractivity contribution in [3.05, 3.63) is 58.1 Å². The van der Waals surface area contributed by atoms with Gasteiger partial charge < -0.3 is 30.5 Å². The SMILES string of the molecule is COc1ccc(NC(=O)N[C@H]2CC[C@@H](CCNC(=O)c3cc(Cl)cc(Cl)c3)O[C@H]2CO)cc1. The molecule has 1 aliphatic rings. The molecule has 3 amide bonds. The average molecular weight is 496 g/mol. The van der Waals surface area contributed by atoms with Gasteiger partial charge in [-0.1, -0.05) is 23.2 Å². The fourth-order valence-corrected chi connectivity index (χ4v) is 4.18. The monoisotopic (exact) mass is 495 g/mol. The Morgan fingerprint density at radius 2 is 1.82 bits per heavy atom. The maximum absolute atomic E-state index is 12.4. The molecule has 1 saturated heterocycles. The van der Waals surface area contributed by atoms with Crippen LogP contribution in [-0.2, 0) is 4.74 Å². The van der Waals surface area contributed by atoms with Gasteiger partial charge in [0.2, 0.25) is 0 Å². The largest absolute Gasteiger partial charge is 0.497 e. The lowest BCUT2D eigenvalue weighted by Crippen LogP contribution is -2.52. The van der Waals surface area contributed by atoms with Gasteiger partial charge >= 0.3 is 6.03 Å². The van der Waals surface area contributed by atoms with Gasteiger partial charge in [0.1, 0.15) is 11.9 Å². The van der Waals surface area contributed by atoms with Crippen molar-refractivity contribution in [2.45, 2.75) is 37.5 Å². The van der Waals surface area contributed by atoms with Gasteiger partial charge in [-0.05, 0) is 61.7 Å². The number of carbonyl (C=O) groups excluding carboxylic acids is 2. The van der Waals surface area contributed by atoms with Crippen molar-refractivity contribution < 1.29 is 24.2 Å². The minimum absolute atomic E-state index is 0.145. The van der Waals surface area contributed by atoms with Gasteiger partial charge in [0.25, 0.3) is 5.91 Å². The molecule has 4 N–H and O–H groups in total. The van der Waals surface area contributed by atoms with Gasteiger partial charge in [0.15, 0.2) is 0 Å². The van der Waals surface area contributed by atoms with E-state index < -0.39 is 6.10 Å². The molecule has 178 valence electrons. The second-order valence-electron chi connectivity index (χ2n) is 7.69. The third-order valence-corrected chi connectivity index (χ3v) is 5.77. The van der Waals surface area contributed by atoms with Crippen LogP contribution in [0.15, 0.2) is 42.5 Å². The summed E-state index contributed by atoms with van der Waals surface area (Å²) in [6.45, 7) is 0.166. The molecule has 0 unspecified atom stereocenters. The summed E-state index contributed by atoms with van der Waals surface area (Å²) in [7, 11) is 1.57. The standard InChI is InChI=1S/C23H27Cl2N3O5/c1-32-18-4-2-17(3-5-18)27-23(31)28-20-7-6-19(33-21(20)13-29)8-9-26-22(30)14-10-15(24)12-16(25)11-14/h2-5,10-12,19-21,29H,6-9,13H2,1H3,(H,26,30)(H2,27,28,31)/t19-,20-,21-/m0/s1. The molecule has 0 radical (unpaired) electrons. The van der Waals surface area contributed by atoms with Gasteiger partial charge in [-0.2, -0.15) is 0 Å². The fraction of sp³-hybridized carbons (Fsp3) is 0.391. The summed E-state index contributed by atoms with van der Waals surface area (Å²) < 4.78 is 11.1. The minimum atomic E-state index is -0.534. The van der Waals surface area contributed by atoms with Gasteiger partial charge in [0, 0.05) is 27.8 Å². The van der Waals surface area contributed by atoms with E-state index >= 15 is 0 Å². The highest BCUT2D eigenvalue weighted by molar-refractivity contribution is 6.35. The normalized spacial score (nSPS) is 20.1. The number of hydrogen-bond acceptors (Lipinski definition) is 5. The van der Waals surface area contributed by atoms with Crippen molar-refractivity contribution in [1.29, 1.82) is 0 Å². The average Bonchev–Trinajstić information content (AvgIpc) is 2.79. The fourth-order valence-electron chi connectivity index (χ4n) is 3.65. The summed E-state index contributed by atoms with van der Waals surface area (Å²) >= 11 is 11.9. The number of urea groups is 1. The number of anilines is 1. The van der Waals surface area contributed by atoms with Crippen molar-refractivity contribution in [2.24, 2.45) is 0 Å². The summed E-state index contributed by atoms with van der Waals surface area (Å²) in [6.07, 6.45) is 1.22. The lowest BCUT2D eigenvalue weighted by atomic mass is 9.97. The highest BCUT2D eigenvalue weighted by Crippen LogP contribution is 2.23. The van der Waals surface area contributed by atoms with Crippen molar-refractivity contribution in [3.8, 4) is 5.75 Å². The molecule has 8 nitrogen and oxygen atoms in total. The van der Waals surface area contributed by atoms with Crippen LogP contribution in [0.2, 0.25) is 10.0 Å². The van der Waals surface area contributed by atoms with E-state index in [1.165, 1.54) is 0 Å². The predicted molar refractivity (Wildman–Crippen MR) is 127 cm³/mol. The van der Waals surface area contributed by atoms with E-state index in [9.17, 15) is 14.7 Å². The van der Waals surface area contributed by atoms with Crippen LogP contribution < -0.4 is 20.7 Å². The Hall–Kier alpha value is -2.52. The lowest BCUT2D eigenvalue weighted by Gasteiger charge is -2.36. The number of hydrogen-bond donors (Lipinski definition) is 4. The Morgan fingerprint density at radius 3 is 2.45 bits per heavy atom. The van der Waals surface area contributed by atoms with E-state index in [2.05, 4.69) is 16.0 Å². The zero-order chi connectivity index (χ0) is 23.8. The quantitative estimate of drug-likeness (QED) is 0.444. The molecule has 1 fully saturated rings. The van der Waals surface area contributed by atoms with Gasteiger partial charge in [-0.3, -0.25) is 4.79 Å². The molecule has 0 bridgehead atoms. The van der Waals surface area contributed by atoms with Crippen molar-refractivity contribution in [1.82, 2.24) is 10.6 Å². The third kappa shape index (κ3) is 7.50. The first kappa shape index (κ1) is 25.1. The molecular weight excluding hydrogens is 469 g/mol. The number of ether oxygens (including phenoxy) is 2. The summed E-state index contributed by atoms with van der Waals surface area (Å²) in [5.74, 6) is 0.421. The number of aliphatic hydroxyl groups excluding tert-OH is 1. The molecule has 0 aromatic heterocycles. The smallest absolute Gasteiger partial charge is 0.319 e. The molecular formula is C23H27Cl2N3O5. The third-order valence-electron chi connectivity index (χ3n) is 5.34. The molecule has 2 aromatic rings. The first-order valence-electron chi connectivity index (χ1n) is 10.6. The molecule has 2 aromatic carbocycles. The number of amides is 3. The second-order valence-corrected chi connectivity index (χ2v) is 8.57. The van der Waals surface area contributed by atoms with E-state index in [1.807, 2.05) is 0 Å². The second kappa shape index (κ2) is 12.1. The number of halogens is 2. The topological polar surface area (TPSA) is 109 Å². The molecule has 0 saturated carbocycles. The number of aliphatic hydroxyl groups is 1. The van der Waals surface area contributed by atoms with Crippen LogP contribution in [-0.4, -0.2) is 55.6 Å². The van der Waals surface area contributed by atoms with Crippen LogP contribution in [0.25, 0.3) is 0 Å². The van der Waals surface area contributed by atoms with Crippen LogP contribution in [0.3, 0.4) is 0 Å². The van der Waals surface area contributed by atoms with Gasteiger partial charge in [-0.25, -0.2) is 4.79 Å². The van der Waals surface area contributed by atoms with Crippen molar-refractivity contribution in [2.75, 3.05) is 25.6 Å². The zero-order valence-electron chi connectivity index (χ0n) is 18.1. The van der Waals surface area contributed by atoms with Crippen LogP contribution in [0.5, 0.6) is 5.75 Å². The molecule has 0 aliphatic carbocycles. The van der Waals surface area contributed by atoms with E-state index in [1.54, 1.807) is 49.6 Å². The first-order valence-corrected chi connectivity index (χ1v) is 11.4. The van der Waals surface area contributed by atoms with Crippen LogP contribution >= 0.6 is 23.2 Å². The molecule has 3 atom stereocenters. The number of rotatable bonds is 8. The number of methoxy groups -OCH3 is 1. The number of benzene rings is 2. The maximum Gasteiger partial charge on any atom is 0.319 e. The Labute approximate surface area is 202 Å². The Morgan fingerprint density at radius 1 is 1.12 bits per heavy atom. The molecule has 3 rings (SSSR count). The predicted octanol–water partition coefficient (Wildman–Crippen LogP) is 3.85. The van der Waals surface area contributed by atoms with E-state index in [4.69, 9.17) is 32.7 Å². The first-order chi connectivity index (χ1) is 15.9. The molecule has 0 spiro atoms. The lowest BCUT2D eigenvalue weighted by molar-refractivity contribution is -0.0886. The van der Waals surface area contributed by atoms with Crippen LogP contribution in [0.4, 0.5) is 10.5 Å². The number of nitrogens with one attached hydrogen (secondary N) is 3. The Kier molecular flexibility index (Phi) is 9.20. The highest BCUT2D eigenvalue weighted by atomic mass is 35.5. The van der Waals surface area contributed by atoms with E-state index in [0.717, 1.165) is 0 Å². The summed E-state index contributed by atoms with van der Waals surface area (Å²) in [5.41, 5.74) is 1.01. The highest BCUT2D eigenvalue weighted by Gasteiger charge is 2.31. The summed E-state index contributed by atoms with van der Waals surface area (Å²) in [6, 6.07) is 10.9. The van der Waals surface area contributed by atoms with E-state index in [0.29, 0.717) is 52.9 Å². The summed E-state index contributed by atoms with van der Waals surface area (Å²) in [4.78, 5) is 24.7.